The van der Waals surface area contributed by atoms with Gasteiger partial charge in [0.2, 0.25) is 0 Å². The molecule has 1 N–H and O–H groups in total. The van der Waals surface area contributed by atoms with Crippen molar-refractivity contribution in [2.75, 3.05) is 13.2 Å². The van der Waals surface area contributed by atoms with Crippen LogP contribution in [-0.4, -0.2) is 41.2 Å². The molecule has 27 heavy (non-hydrogen) atoms. The van der Waals surface area contributed by atoms with E-state index in [1.807, 2.05) is 0 Å². The molecule has 0 aliphatic heterocycles. The van der Waals surface area contributed by atoms with Crippen molar-refractivity contribution in [2.24, 2.45) is 0 Å². The van der Waals surface area contributed by atoms with Crippen molar-refractivity contribution in [3.05, 3.63) is 64.5 Å². The number of aromatic nitrogens is 1. The smallest absolute Gasteiger partial charge is 0.356 e. The Balaban J connectivity index is 2.38. The summed E-state index contributed by atoms with van der Waals surface area (Å²) in [4.78, 5) is 38.8. The molecule has 7 heteroatoms. The highest BCUT2D eigenvalue weighted by atomic mass is 16.5. The van der Waals surface area contributed by atoms with E-state index in [4.69, 9.17) is 14.6 Å². The van der Waals surface area contributed by atoms with Crippen LogP contribution in [0, 0.1) is 11.8 Å². The highest BCUT2D eigenvalue weighted by molar-refractivity contribution is 5.92. The number of hydrogen-bond donors (Lipinski definition) is 1. The van der Waals surface area contributed by atoms with Crippen LogP contribution >= 0.6 is 0 Å². The van der Waals surface area contributed by atoms with E-state index in [9.17, 15) is 14.4 Å². The Kier molecular flexibility index (Phi) is 6.67. The molecule has 0 aliphatic rings. The lowest BCUT2D eigenvalue weighted by Crippen LogP contribution is -2.13. The van der Waals surface area contributed by atoms with Crippen LogP contribution in [0.4, 0.5) is 0 Å². The number of rotatable bonds is 5. The molecule has 0 amide bonds. The summed E-state index contributed by atoms with van der Waals surface area (Å²) in [6, 6.07) is 8.84. The van der Waals surface area contributed by atoms with Gasteiger partial charge in [-0.3, -0.25) is 0 Å². The van der Waals surface area contributed by atoms with Crippen LogP contribution in [-0.2, 0) is 9.47 Å². The lowest BCUT2D eigenvalue weighted by Gasteiger charge is -2.05. The minimum Gasteiger partial charge on any atom is -0.478 e. The summed E-state index contributed by atoms with van der Waals surface area (Å²) >= 11 is 0. The van der Waals surface area contributed by atoms with Gasteiger partial charge in [0.1, 0.15) is 0 Å². The number of aromatic carboxylic acids is 1. The van der Waals surface area contributed by atoms with Crippen LogP contribution in [0.2, 0.25) is 0 Å². The Labute approximate surface area is 155 Å². The number of ether oxygens (including phenoxy) is 2. The predicted molar refractivity (Wildman–Crippen MR) is 95.5 cm³/mol. The lowest BCUT2D eigenvalue weighted by molar-refractivity contribution is 0.0510. The van der Waals surface area contributed by atoms with Gasteiger partial charge in [0.25, 0.3) is 0 Å². The summed E-state index contributed by atoms with van der Waals surface area (Å²) in [6.45, 7) is 3.66. The van der Waals surface area contributed by atoms with E-state index in [1.165, 1.54) is 24.3 Å². The van der Waals surface area contributed by atoms with E-state index in [-0.39, 0.29) is 30.2 Å². The van der Waals surface area contributed by atoms with Gasteiger partial charge in [-0.15, -0.1) is 0 Å². The van der Waals surface area contributed by atoms with Crippen molar-refractivity contribution in [2.45, 2.75) is 13.8 Å². The maximum Gasteiger partial charge on any atom is 0.356 e. The lowest BCUT2D eigenvalue weighted by atomic mass is 10.1. The number of carbonyl (C=O) groups excluding carboxylic acids is 2. The number of esters is 2. The monoisotopic (exact) mass is 367 g/mol. The minimum absolute atomic E-state index is 0.0482. The Bertz CT molecular complexity index is 885. The number of pyridine rings is 1. The molecule has 0 fully saturated rings. The summed E-state index contributed by atoms with van der Waals surface area (Å²) < 4.78 is 9.84. The van der Waals surface area contributed by atoms with Gasteiger partial charge in [-0.2, -0.15) is 0 Å². The Hall–Kier alpha value is -3.66. The summed E-state index contributed by atoms with van der Waals surface area (Å²) in [5.74, 6) is 3.32. The van der Waals surface area contributed by atoms with Crippen LogP contribution in [0.1, 0.15) is 56.3 Å². The third-order valence-electron chi connectivity index (χ3n) is 3.28. The van der Waals surface area contributed by atoms with Crippen LogP contribution in [0.25, 0.3) is 0 Å². The second kappa shape index (κ2) is 9.15. The number of carboxylic acids is 1. The van der Waals surface area contributed by atoms with E-state index in [0.29, 0.717) is 11.1 Å². The fourth-order valence-corrected chi connectivity index (χ4v) is 2.06. The molecule has 2 aromatic rings. The van der Waals surface area contributed by atoms with Crippen molar-refractivity contribution >= 4 is 17.9 Å². The van der Waals surface area contributed by atoms with E-state index in [2.05, 4.69) is 16.8 Å². The van der Waals surface area contributed by atoms with Gasteiger partial charge in [0, 0.05) is 11.1 Å². The molecular weight excluding hydrogens is 350 g/mol. The molecule has 0 saturated carbocycles. The van der Waals surface area contributed by atoms with E-state index < -0.39 is 17.9 Å². The van der Waals surface area contributed by atoms with Crippen molar-refractivity contribution < 1.29 is 29.0 Å². The number of carboxylic acid groups (broad SMARTS) is 1. The van der Waals surface area contributed by atoms with Gasteiger partial charge in [-0.25, -0.2) is 19.4 Å². The van der Waals surface area contributed by atoms with Crippen molar-refractivity contribution in [1.29, 1.82) is 0 Å². The second-order valence-electron chi connectivity index (χ2n) is 5.20. The average Bonchev–Trinajstić information content (AvgIpc) is 2.66. The average molecular weight is 367 g/mol. The largest absolute Gasteiger partial charge is 0.478 e. The number of hydrogen-bond acceptors (Lipinski definition) is 6. The molecular formula is C20H17NO6. The van der Waals surface area contributed by atoms with E-state index in [1.54, 1.807) is 26.0 Å². The zero-order valence-electron chi connectivity index (χ0n) is 14.8. The van der Waals surface area contributed by atoms with Crippen LogP contribution in [0.15, 0.2) is 36.4 Å². The quantitative estimate of drug-likeness (QED) is 0.640. The third kappa shape index (κ3) is 5.41. The molecule has 1 heterocycles. The molecule has 1 aromatic carbocycles. The van der Waals surface area contributed by atoms with Gasteiger partial charge in [0.15, 0.2) is 11.4 Å². The first-order valence-corrected chi connectivity index (χ1v) is 8.16. The molecule has 0 saturated heterocycles. The number of carbonyl (C=O) groups is 3. The number of benzene rings is 1. The van der Waals surface area contributed by atoms with Crippen LogP contribution < -0.4 is 0 Å². The van der Waals surface area contributed by atoms with Gasteiger partial charge < -0.3 is 14.6 Å². The molecule has 1 aromatic heterocycles. The van der Waals surface area contributed by atoms with Crippen molar-refractivity contribution in [1.82, 2.24) is 4.98 Å². The molecule has 0 spiro atoms. The number of nitrogens with zero attached hydrogens (tertiary/aromatic N) is 1. The zero-order valence-corrected chi connectivity index (χ0v) is 14.8. The van der Waals surface area contributed by atoms with Gasteiger partial charge in [0.05, 0.1) is 18.8 Å². The molecule has 0 aliphatic carbocycles. The van der Waals surface area contributed by atoms with E-state index >= 15 is 0 Å². The molecule has 0 atom stereocenters. The van der Waals surface area contributed by atoms with Gasteiger partial charge in [-0.05, 0) is 50.2 Å². The maximum atomic E-state index is 12.0. The summed E-state index contributed by atoms with van der Waals surface area (Å²) in [5, 5.41) is 8.91. The predicted octanol–water partition coefficient (Wildman–Crippen LogP) is 2.53. The molecule has 2 rings (SSSR count). The second-order valence-corrected chi connectivity index (χ2v) is 5.20. The molecule has 0 radical (unpaired) electrons. The Morgan fingerprint density at radius 1 is 0.889 bits per heavy atom. The highest BCUT2D eigenvalue weighted by Crippen LogP contribution is 2.10. The van der Waals surface area contributed by atoms with Gasteiger partial charge >= 0.3 is 17.9 Å². The first kappa shape index (κ1) is 19.7. The summed E-state index contributed by atoms with van der Waals surface area (Å²) in [5.41, 5.74) is 1.00. The van der Waals surface area contributed by atoms with Crippen LogP contribution in [0.5, 0.6) is 0 Å². The van der Waals surface area contributed by atoms with Crippen LogP contribution in [0.3, 0.4) is 0 Å². The first-order chi connectivity index (χ1) is 12.9. The fourth-order valence-electron chi connectivity index (χ4n) is 2.06. The summed E-state index contributed by atoms with van der Waals surface area (Å²) in [6.07, 6.45) is 0. The van der Waals surface area contributed by atoms with E-state index in [0.717, 1.165) is 0 Å². The highest BCUT2D eigenvalue weighted by Gasteiger charge is 2.16. The topological polar surface area (TPSA) is 103 Å². The van der Waals surface area contributed by atoms with Gasteiger partial charge in [-0.1, -0.05) is 11.8 Å². The van der Waals surface area contributed by atoms with Crippen molar-refractivity contribution in [3.8, 4) is 11.8 Å². The molecule has 138 valence electrons. The third-order valence-corrected chi connectivity index (χ3v) is 3.28. The summed E-state index contributed by atoms with van der Waals surface area (Å²) in [7, 11) is 0. The zero-order chi connectivity index (χ0) is 19.8. The molecule has 0 bridgehead atoms. The maximum absolute atomic E-state index is 12.0. The molecule has 0 unspecified atom stereocenters. The van der Waals surface area contributed by atoms with Crippen molar-refractivity contribution in [3.63, 3.8) is 0 Å². The molecule has 7 nitrogen and oxygen atoms in total. The Morgan fingerprint density at radius 3 is 1.81 bits per heavy atom. The minimum atomic E-state index is -1.03. The Morgan fingerprint density at radius 2 is 1.37 bits per heavy atom. The first-order valence-electron chi connectivity index (χ1n) is 8.16. The normalized spacial score (nSPS) is 9.70. The fraction of sp³-hybridized carbons (Fsp3) is 0.200. The SMILES string of the molecule is CCOC(=O)c1cc(C#Cc2ccc(C(=O)O)cc2)cc(C(=O)OCC)n1. The standard InChI is InChI=1S/C20H17NO6/c1-3-26-19(24)16-11-14(12-17(21-16)20(25)27-4-2)6-5-13-7-9-15(10-8-13)18(22)23/h7-12H,3-4H2,1-2H3,(H,22,23).